The first-order valence-corrected chi connectivity index (χ1v) is 9.39. The fraction of sp³-hybridized carbons (Fsp3) is 0.294. The van der Waals surface area contributed by atoms with Gasteiger partial charge in [0.2, 0.25) is 11.8 Å². The van der Waals surface area contributed by atoms with Gasteiger partial charge in [0.25, 0.3) is 0 Å². The number of halogens is 2. The first kappa shape index (κ1) is 19.8. The number of anilines is 1. The minimum Gasteiger partial charge on any atom is -0.474 e. The van der Waals surface area contributed by atoms with Gasteiger partial charge in [-0.05, 0) is 29.8 Å². The van der Waals surface area contributed by atoms with Gasteiger partial charge in [-0.15, -0.1) is 11.8 Å². The zero-order valence-corrected chi connectivity index (χ0v) is 16.0. The van der Waals surface area contributed by atoms with Crippen LogP contribution in [0.2, 0.25) is 10.0 Å². The summed E-state index contributed by atoms with van der Waals surface area (Å²) in [4.78, 5) is 16.3. The molecule has 0 aliphatic carbocycles. The number of nitrogens with zero attached hydrogens (tertiary/aromatic N) is 1. The minimum atomic E-state index is -0.139. The lowest BCUT2D eigenvalue weighted by Gasteiger charge is -2.11. The van der Waals surface area contributed by atoms with Crippen molar-refractivity contribution in [1.29, 1.82) is 0 Å². The zero-order chi connectivity index (χ0) is 18.1. The monoisotopic (exact) mass is 400 g/mol. The molecule has 1 aromatic heterocycles. The molecular weight excluding hydrogens is 383 g/mol. The van der Waals surface area contributed by atoms with Gasteiger partial charge in [0, 0.05) is 29.1 Å². The standard InChI is InChI=1S/C17H18Cl2N2O3S/c1-23-7-8-24-17-15(3-2-6-20-17)21-16(22)11-25-10-12-4-5-13(18)9-14(12)19/h2-6,9H,7-8,10-11H2,1H3,(H,21,22). The molecule has 0 atom stereocenters. The fourth-order valence-corrected chi connectivity index (χ4v) is 3.29. The Balaban J connectivity index is 1.84. The van der Waals surface area contributed by atoms with Crippen LogP contribution in [0.5, 0.6) is 5.88 Å². The summed E-state index contributed by atoms with van der Waals surface area (Å²) in [5.74, 6) is 1.14. The number of hydrogen-bond acceptors (Lipinski definition) is 5. The summed E-state index contributed by atoms with van der Waals surface area (Å²) in [7, 11) is 1.59. The second-order valence-corrected chi connectivity index (χ2v) is 6.80. The van der Waals surface area contributed by atoms with Gasteiger partial charge in [-0.25, -0.2) is 4.98 Å². The number of amides is 1. The quantitative estimate of drug-likeness (QED) is 0.636. The van der Waals surface area contributed by atoms with Crippen LogP contribution in [-0.2, 0) is 15.3 Å². The van der Waals surface area contributed by atoms with Crippen LogP contribution in [0.15, 0.2) is 36.5 Å². The molecule has 0 aliphatic rings. The first-order valence-electron chi connectivity index (χ1n) is 7.48. The topological polar surface area (TPSA) is 60.5 Å². The molecule has 1 amide bonds. The van der Waals surface area contributed by atoms with E-state index >= 15 is 0 Å². The Kier molecular flexibility index (Phi) is 8.34. The number of ether oxygens (including phenoxy) is 2. The highest BCUT2D eigenvalue weighted by Crippen LogP contribution is 2.25. The number of rotatable bonds is 9. The van der Waals surface area contributed by atoms with Crippen molar-refractivity contribution in [3.05, 3.63) is 52.1 Å². The number of methoxy groups -OCH3 is 1. The molecule has 8 heteroatoms. The summed E-state index contributed by atoms with van der Waals surface area (Å²) in [5, 5.41) is 4.00. The van der Waals surface area contributed by atoms with Crippen LogP contribution in [0, 0.1) is 0 Å². The van der Waals surface area contributed by atoms with Gasteiger partial charge >= 0.3 is 0 Å². The van der Waals surface area contributed by atoms with Crippen molar-refractivity contribution in [2.75, 3.05) is 31.4 Å². The summed E-state index contributed by atoms with van der Waals surface area (Å²) >= 11 is 13.5. The summed E-state index contributed by atoms with van der Waals surface area (Å²) < 4.78 is 10.4. The van der Waals surface area contributed by atoms with Crippen LogP contribution in [0.4, 0.5) is 5.69 Å². The Bertz CT molecular complexity index is 716. The summed E-state index contributed by atoms with van der Waals surface area (Å²) in [5.41, 5.74) is 1.47. The van der Waals surface area contributed by atoms with Gasteiger partial charge < -0.3 is 14.8 Å². The molecule has 5 nitrogen and oxygen atoms in total. The predicted octanol–water partition coefficient (Wildman–Crippen LogP) is 4.29. The third-order valence-electron chi connectivity index (χ3n) is 3.08. The molecule has 2 rings (SSSR count). The van der Waals surface area contributed by atoms with Crippen molar-refractivity contribution in [3.63, 3.8) is 0 Å². The van der Waals surface area contributed by atoms with Gasteiger partial charge in [0.1, 0.15) is 12.3 Å². The third kappa shape index (κ3) is 6.74. The second kappa shape index (κ2) is 10.5. The van der Waals surface area contributed by atoms with Gasteiger partial charge in [-0.3, -0.25) is 4.79 Å². The highest BCUT2D eigenvalue weighted by Gasteiger charge is 2.10. The first-order chi connectivity index (χ1) is 12.1. The summed E-state index contributed by atoms with van der Waals surface area (Å²) in [6, 6.07) is 8.81. The molecule has 0 unspecified atom stereocenters. The van der Waals surface area contributed by atoms with E-state index in [4.69, 9.17) is 32.7 Å². The van der Waals surface area contributed by atoms with Gasteiger partial charge in [-0.1, -0.05) is 29.3 Å². The Morgan fingerprint density at radius 2 is 2.12 bits per heavy atom. The molecule has 0 radical (unpaired) electrons. The highest BCUT2D eigenvalue weighted by atomic mass is 35.5. The molecule has 0 aliphatic heterocycles. The van der Waals surface area contributed by atoms with Crippen LogP contribution >= 0.6 is 35.0 Å². The third-order valence-corrected chi connectivity index (χ3v) is 4.65. The summed E-state index contributed by atoms with van der Waals surface area (Å²) in [6.07, 6.45) is 1.61. The van der Waals surface area contributed by atoms with Gasteiger partial charge in [0.15, 0.2) is 0 Å². The van der Waals surface area contributed by atoms with Gasteiger partial charge in [-0.2, -0.15) is 0 Å². The molecule has 0 saturated heterocycles. The molecule has 0 bridgehead atoms. The van der Waals surface area contributed by atoms with Crippen LogP contribution in [0.25, 0.3) is 0 Å². The maximum absolute atomic E-state index is 12.1. The van der Waals surface area contributed by atoms with E-state index < -0.39 is 0 Å². The summed E-state index contributed by atoms with van der Waals surface area (Å²) in [6.45, 7) is 0.807. The van der Waals surface area contributed by atoms with Crippen LogP contribution < -0.4 is 10.1 Å². The van der Waals surface area contributed by atoms with E-state index in [9.17, 15) is 4.79 Å². The normalized spacial score (nSPS) is 10.5. The Labute approximate surface area is 161 Å². The van der Waals surface area contributed by atoms with Crippen molar-refractivity contribution >= 4 is 46.6 Å². The van der Waals surface area contributed by atoms with Gasteiger partial charge in [0.05, 0.1) is 12.4 Å². The van der Waals surface area contributed by atoms with Crippen LogP contribution in [0.1, 0.15) is 5.56 Å². The Morgan fingerprint density at radius 1 is 1.28 bits per heavy atom. The highest BCUT2D eigenvalue weighted by molar-refractivity contribution is 7.99. The van der Waals surface area contributed by atoms with E-state index in [0.29, 0.717) is 40.6 Å². The van der Waals surface area contributed by atoms with Crippen LogP contribution in [-0.4, -0.2) is 37.0 Å². The van der Waals surface area contributed by atoms with E-state index in [1.165, 1.54) is 11.8 Å². The molecule has 134 valence electrons. The number of pyridine rings is 1. The number of carbonyl (C=O) groups is 1. The van der Waals surface area contributed by atoms with E-state index in [1.807, 2.05) is 6.07 Å². The molecule has 1 aromatic carbocycles. The average Bonchev–Trinajstić information content (AvgIpc) is 2.58. The predicted molar refractivity (Wildman–Crippen MR) is 103 cm³/mol. The molecule has 0 saturated carbocycles. The Hall–Kier alpha value is -1.47. The van der Waals surface area contributed by atoms with Crippen molar-refractivity contribution < 1.29 is 14.3 Å². The van der Waals surface area contributed by atoms with E-state index in [1.54, 1.807) is 37.6 Å². The zero-order valence-electron chi connectivity index (χ0n) is 13.6. The van der Waals surface area contributed by atoms with Crippen molar-refractivity contribution in [1.82, 2.24) is 4.98 Å². The average molecular weight is 401 g/mol. The number of thioether (sulfide) groups is 1. The van der Waals surface area contributed by atoms with Crippen LogP contribution in [0.3, 0.4) is 0 Å². The van der Waals surface area contributed by atoms with Crippen molar-refractivity contribution in [2.45, 2.75) is 5.75 Å². The van der Waals surface area contributed by atoms with Crippen molar-refractivity contribution in [2.24, 2.45) is 0 Å². The molecule has 0 fully saturated rings. The molecule has 0 spiro atoms. The molecule has 1 heterocycles. The minimum absolute atomic E-state index is 0.139. The number of nitrogens with one attached hydrogen (secondary N) is 1. The van der Waals surface area contributed by atoms with Crippen molar-refractivity contribution in [3.8, 4) is 5.88 Å². The number of hydrogen-bond donors (Lipinski definition) is 1. The molecule has 2 aromatic rings. The van der Waals surface area contributed by atoms with E-state index in [2.05, 4.69) is 10.3 Å². The lowest BCUT2D eigenvalue weighted by molar-refractivity contribution is -0.113. The lowest BCUT2D eigenvalue weighted by Crippen LogP contribution is -2.16. The number of benzene rings is 1. The molecular formula is C17H18Cl2N2O3S. The molecule has 25 heavy (non-hydrogen) atoms. The Morgan fingerprint density at radius 3 is 2.88 bits per heavy atom. The molecule has 1 N–H and O–H groups in total. The number of carbonyl (C=O) groups excluding carboxylic acids is 1. The maximum Gasteiger partial charge on any atom is 0.237 e. The maximum atomic E-state index is 12.1. The van der Waals surface area contributed by atoms with E-state index in [0.717, 1.165) is 5.56 Å². The smallest absolute Gasteiger partial charge is 0.237 e. The lowest BCUT2D eigenvalue weighted by atomic mass is 10.2. The SMILES string of the molecule is COCCOc1ncccc1NC(=O)CSCc1ccc(Cl)cc1Cl. The second-order valence-electron chi connectivity index (χ2n) is 4.97. The number of aromatic nitrogens is 1. The van der Waals surface area contributed by atoms with E-state index in [-0.39, 0.29) is 11.7 Å². The fourth-order valence-electron chi connectivity index (χ4n) is 1.90. The largest absolute Gasteiger partial charge is 0.474 e.